The van der Waals surface area contributed by atoms with Crippen molar-refractivity contribution >= 4 is 40.9 Å². The number of carbonyl (C=O) groups excluding carboxylic acids is 1. The second kappa shape index (κ2) is 10.2. The Bertz CT molecular complexity index is 1180. The van der Waals surface area contributed by atoms with Crippen LogP contribution >= 0.6 is 23.2 Å². The van der Waals surface area contributed by atoms with Crippen LogP contribution in [0.3, 0.4) is 0 Å². The standard InChI is InChI=1S/C25H20Cl2N2O2/c1-16-7-6-10-23(17(16)2)29-25(30)20(14-28)11-19-12-21(26)13-22(27)24(19)31-15-18-8-4-3-5-9-18/h3-13H,15H2,1-2H3,(H,29,30)/b20-11+. The van der Waals surface area contributed by atoms with Crippen molar-refractivity contribution in [3.05, 3.63) is 98.5 Å². The van der Waals surface area contributed by atoms with E-state index in [-0.39, 0.29) is 12.2 Å². The van der Waals surface area contributed by atoms with Crippen molar-refractivity contribution in [2.75, 3.05) is 5.32 Å². The zero-order chi connectivity index (χ0) is 22.4. The van der Waals surface area contributed by atoms with Crippen LogP contribution in [-0.4, -0.2) is 5.91 Å². The summed E-state index contributed by atoms with van der Waals surface area (Å²) in [6, 6.07) is 20.3. The molecule has 31 heavy (non-hydrogen) atoms. The maximum atomic E-state index is 12.8. The van der Waals surface area contributed by atoms with Crippen molar-refractivity contribution in [3.8, 4) is 11.8 Å². The number of benzene rings is 3. The fourth-order valence-electron chi connectivity index (χ4n) is 2.95. The molecule has 0 aliphatic heterocycles. The van der Waals surface area contributed by atoms with E-state index < -0.39 is 5.91 Å². The zero-order valence-electron chi connectivity index (χ0n) is 17.1. The first-order chi connectivity index (χ1) is 14.9. The first-order valence-electron chi connectivity index (χ1n) is 9.54. The van der Waals surface area contributed by atoms with E-state index in [9.17, 15) is 10.1 Å². The van der Waals surface area contributed by atoms with E-state index in [0.29, 0.717) is 27.0 Å². The number of rotatable bonds is 6. The molecule has 4 nitrogen and oxygen atoms in total. The predicted octanol–water partition coefficient (Wildman–Crippen LogP) is 6.73. The highest BCUT2D eigenvalue weighted by molar-refractivity contribution is 6.36. The molecule has 3 aromatic carbocycles. The third-order valence-corrected chi connectivity index (χ3v) is 5.28. The third kappa shape index (κ3) is 5.67. The van der Waals surface area contributed by atoms with Gasteiger partial charge in [0.2, 0.25) is 0 Å². The van der Waals surface area contributed by atoms with Crippen molar-refractivity contribution < 1.29 is 9.53 Å². The smallest absolute Gasteiger partial charge is 0.266 e. The molecule has 0 saturated carbocycles. The van der Waals surface area contributed by atoms with Gasteiger partial charge in [0.15, 0.2) is 0 Å². The Labute approximate surface area is 191 Å². The number of amides is 1. The summed E-state index contributed by atoms with van der Waals surface area (Å²) < 4.78 is 5.91. The Morgan fingerprint density at radius 2 is 1.84 bits per heavy atom. The van der Waals surface area contributed by atoms with Crippen LogP contribution in [0.4, 0.5) is 5.69 Å². The van der Waals surface area contributed by atoms with Crippen molar-refractivity contribution in [2.45, 2.75) is 20.5 Å². The Kier molecular flexibility index (Phi) is 7.36. The number of hydrogen-bond acceptors (Lipinski definition) is 3. The van der Waals surface area contributed by atoms with Gasteiger partial charge in [0.1, 0.15) is 24.0 Å². The molecule has 3 aromatic rings. The van der Waals surface area contributed by atoms with Gasteiger partial charge in [0, 0.05) is 16.3 Å². The zero-order valence-corrected chi connectivity index (χ0v) is 18.6. The lowest BCUT2D eigenvalue weighted by Crippen LogP contribution is -2.14. The predicted molar refractivity (Wildman–Crippen MR) is 125 cm³/mol. The van der Waals surface area contributed by atoms with Crippen molar-refractivity contribution in [3.63, 3.8) is 0 Å². The number of hydrogen-bond donors (Lipinski definition) is 1. The molecular formula is C25H20Cl2N2O2. The van der Waals surface area contributed by atoms with Crippen LogP contribution in [0.1, 0.15) is 22.3 Å². The second-order valence-electron chi connectivity index (χ2n) is 6.95. The SMILES string of the molecule is Cc1cccc(NC(=O)/C(C#N)=C/c2cc(Cl)cc(Cl)c2OCc2ccccc2)c1C. The van der Waals surface area contributed by atoms with Crippen molar-refractivity contribution in [1.82, 2.24) is 0 Å². The number of nitriles is 1. The number of halogens is 2. The summed E-state index contributed by atoms with van der Waals surface area (Å²) in [6.45, 7) is 4.14. The van der Waals surface area contributed by atoms with Gasteiger partial charge >= 0.3 is 0 Å². The minimum absolute atomic E-state index is 0.0937. The molecule has 0 bridgehead atoms. The van der Waals surface area contributed by atoms with Crippen molar-refractivity contribution in [1.29, 1.82) is 5.26 Å². The quantitative estimate of drug-likeness (QED) is 0.334. The lowest BCUT2D eigenvalue weighted by molar-refractivity contribution is -0.112. The van der Waals surface area contributed by atoms with Gasteiger partial charge in [-0.25, -0.2) is 0 Å². The van der Waals surface area contributed by atoms with E-state index in [1.807, 2.05) is 62.4 Å². The summed E-state index contributed by atoms with van der Waals surface area (Å²) in [7, 11) is 0. The minimum atomic E-state index is -0.527. The van der Waals surface area contributed by atoms with Crippen molar-refractivity contribution in [2.24, 2.45) is 0 Å². The number of carbonyl (C=O) groups is 1. The topological polar surface area (TPSA) is 62.1 Å². The highest BCUT2D eigenvalue weighted by atomic mass is 35.5. The third-order valence-electron chi connectivity index (χ3n) is 4.78. The van der Waals surface area contributed by atoms with Crippen LogP contribution in [0.15, 0.2) is 66.2 Å². The van der Waals surface area contributed by atoms with Gasteiger partial charge in [0.05, 0.1) is 5.02 Å². The molecule has 1 N–H and O–H groups in total. The normalized spacial score (nSPS) is 11.0. The maximum Gasteiger partial charge on any atom is 0.266 e. The van der Waals surface area contributed by atoms with E-state index in [4.69, 9.17) is 27.9 Å². The van der Waals surface area contributed by atoms with Crippen LogP contribution in [-0.2, 0) is 11.4 Å². The molecule has 0 aromatic heterocycles. The molecule has 3 rings (SSSR count). The summed E-state index contributed by atoms with van der Waals surface area (Å²) in [6.07, 6.45) is 1.43. The molecule has 0 aliphatic rings. The fraction of sp³-hybridized carbons (Fsp3) is 0.120. The summed E-state index contributed by atoms with van der Waals surface area (Å²) >= 11 is 12.5. The number of aryl methyl sites for hydroxylation is 1. The molecule has 1 amide bonds. The highest BCUT2D eigenvalue weighted by Crippen LogP contribution is 2.34. The van der Waals surface area contributed by atoms with Crippen LogP contribution in [0.2, 0.25) is 10.0 Å². The number of ether oxygens (including phenoxy) is 1. The molecule has 0 heterocycles. The number of nitrogens with zero attached hydrogens (tertiary/aromatic N) is 1. The number of nitrogens with one attached hydrogen (secondary N) is 1. The Morgan fingerprint density at radius 3 is 2.55 bits per heavy atom. The molecule has 0 spiro atoms. The molecule has 0 aliphatic carbocycles. The molecule has 0 fully saturated rings. The van der Waals surface area contributed by atoms with E-state index in [1.54, 1.807) is 18.2 Å². The highest BCUT2D eigenvalue weighted by Gasteiger charge is 2.15. The minimum Gasteiger partial charge on any atom is -0.487 e. The summed E-state index contributed by atoms with van der Waals surface area (Å²) in [5.41, 5.74) is 3.93. The first kappa shape index (κ1) is 22.4. The monoisotopic (exact) mass is 450 g/mol. The van der Waals surface area contributed by atoms with Crippen LogP contribution in [0.25, 0.3) is 6.08 Å². The Balaban J connectivity index is 1.91. The largest absolute Gasteiger partial charge is 0.487 e. The molecule has 0 atom stereocenters. The van der Waals surface area contributed by atoms with Crippen LogP contribution < -0.4 is 10.1 Å². The van der Waals surface area contributed by atoms with Gasteiger partial charge < -0.3 is 10.1 Å². The molecule has 156 valence electrons. The van der Waals surface area contributed by atoms with Gasteiger partial charge in [-0.1, -0.05) is 65.7 Å². The summed E-state index contributed by atoms with van der Waals surface area (Å²) in [5.74, 6) is -0.177. The fourth-order valence-corrected chi connectivity index (χ4v) is 3.51. The Hall–Kier alpha value is -3.26. The molecular weight excluding hydrogens is 431 g/mol. The van der Waals surface area contributed by atoms with E-state index in [2.05, 4.69) is 5.32 Å². The van der Waals surface area contributed by atoms with E-state index in [1.165, 1.54) is 6.08 Å². The maximum absolute atomic E-state index is 12.8. The molecule has 0 saturated heterocycles. The van der Waals surface area contributed by atoms with Gasteiger partial charge in [-0.15, -0.1) is 0 Å². The molecule has 6 heteroatoms. The van der Waals surface area contributed by atoms with Gasteiger partial charge in [0.25, 0.3) is 5.91 Å². The Morgan fingerprint density at radius 1 is 1.10 bits per heavy atom. The second-order valence-corrected chi connectivity index (χ2v) is 7.80. The average molecular weight is 451 g/mol. The first-order valence-corrected chi connectivity index (χ1v) is 10.3. The van der Waals surface area contributed by atoms with E-state index in [0.717, 1.165) is 16.7 Å². The average Bonchev–Trinajstić information content (AvgIpc) is 2.75. The van der Waals surface area contributed by atoms with Crippen LogP contribution in [0, 0.1) is 25.2 Å². The summed E-state index contributed by atoms with van der Waals surface area (Å²) in [5, 5.41) is 13.1. The van der Waals surface area contributed by atoms with E-state index >= 15 is 0 Å². The summed E-state index contributed by atoms with van der Waals surface area (Å²) in [4.78, 5) is 12.8. The lowest BCUT2D eigenvalue weighted by atomic mass is 10.1. The molecule has 0 radical (unpaired) electrons. The lowest BCUT2D eigenvalue weighted by Gasteiger charge is -2.13. The number of anilines is 1. The molecule has 0 unspecified atom stereocenters. The van der Waals surface area contributed by atoms with Gasteiger partial charge in [-0.3, -0.25) is 4.79 Å². The van der Waals surface area contributed by atoms with Gasteiger partial charge in [-0.2, -0.15) is 5.26 Å². The van der Waals surface area contributed by atoms with Crippen LogP contribution in [0.5, 0.6) is 5.75 Å². The van der Waals surface area contributed by atoms with Gasteiger partial charge in [-0.05, 0) is 54.8 Å².